The molecule has 2 saturated carbocycles. The van der Waals surface area contributed by atoms with Gasteiger partial charge >= 0.3 is 0 Å². The molecular formula is C39H43N5O7S2. The highest BCUT2D eigenvalue weighted by Crippen LogP contribution is 2.44. The minimum atomic E-state index is -3.97. The van der Waals surface area contributed by atoms with Gasteiger partial charge < -0.3 is 9.47 Å². The summed E-state index contributed by atoms with van der Waals surface area (Å²) in [5, 5.41) is 6.32. The van der Waals surface area contributed by atoms with Crippen LogP contribution >= 0.6 is 11.3 Å². The van der Waals surface area contributed by atoms with E-state index in [4.69, 9.17) is 25.9 Å². The van der Waals surface area contributed by atoms with Crippen LogP contribution in [0.15, 0.2) is 39.8 Å². The number of carbonyl (C=O) groups is 3. The van der Waals surface area contributed by atoms with Crippen molar-refractivity contribution in [2.24, 2.45) is 28.7 Å². The zero-order valence-corrected chi connectivity index (χ0v) is 31.9. The monoisotopic (exact) mass is 757 g/mol. The predicted molar refractivity (Wildman–Crippen MR) is 202 cm³/mol. The third-order valence-corrected chi connectivity index (χ3v) is 14.2. The molecule has 2 unspecified atom stereocenters. The fourth-order valence-electron chi connectivity index (χ4n) is 7.27. The van der Waals surface area contributed by atoms with Crippen LogP contribution in [0.25, 0.3) is 21.6 Å². The molecule has 3 aromatic rings. The van der Waals surface area contributed by atoms with Gasteiger partial charge in [-0.15, -0.1) is 17.8 Å². The van der Waals surface area contributed by atoms with Crippen LogP contribution in [-0.2, 0) is 24.4 Å². The molecule has 3 aliphatic carbocycles. The number of amides is 1. The van der Waals surface area contributed by atoms with Crippen LogP contribution < -0.4 is 19.5 Å². The van der Waals surface area contributed by atoms with Crippen molar-refractivity contribution in [2.75, 3.05) is 13.7 Å². The highest BCUT2D eigenvalue weighted by atomic mass is 32.2. The van der Waals surface area contributed by atoms with Crippen molar-refractivity contribution in [3.05, 3.63) is 46.1 Å². The lowest BCUT2D eigenvalue weighted by molar-refractivity contribution is -0.135. The van der Waals surface area contributed by atoms with Crippen LogP contribution in [0.1, 0.15) is 76.5 Å². The number of hydrogen-bond donors (Lipinski definition) is 2. The van der Waals surface area contributed by atoms with E-state index in [0.29, 0.717) is 51.6 Å². The van der Waals surface area contributed by atoms with E-state index in [1.54, 1.807) is 31.7 Å². The molecule has 12 nitrogen and oxygen atoms in total. The number of rotatable bonds is 7. The first-order valence-electron chi connectivity index (χ1n) is 18.0. The molecule has 0 saturated heterocycles. The number of terminal acetylenes is 1. The molecule has 3 heterocycles. The summed E-state index contributed by atoms with van der Waals surface area (Å²) in [6.45, 7) is 5.37. The number of Topliss-reactive ketones (excluding diaryl/α,β-unsaturated/α-hetero) is 2. The van der Waals surface area contributed by atoms with Crippen LogP contribution in [0, 0.1) is 42.9 Å². The Hall–Kier alpha value is -4.45. The van der Waals surface area contributed by atoms with Gasteiger partial charge in [-0.1, -0.05) is 6.92 Å². The Labute approximate surface area is 313 Å². The number of nitrogens with one attached hydrogen (secondary N) is 2. The Morgan fingerprint density at radius 1 is 1.17 bits per heavy atom. The van der Waals surface area contributed by atoms with Gasteiger partial charge in [0, 0.05) is 71.3 Å². The van der Waals surface area contributed by atoms with E-state index >= 15 is 0 Å². The number of aliphatic imine (C=N–C) groups is 1. The van der Waals surface area contributed by atoms with Crippen molar-refractivity contribution in [3.8, 4) is 34.5 Å². The maximum absolute atomic E-state index is 13.9. The molecule has 0 radical (unpaired) electrons. The minimum Gasteiger partial charge on any atom is -0.496 e. The largest absolute Gasteiger partial charge is 0.496 e. The maximum atomic E-state index is 13.9. The number of fused-ring (bicyclic) bond motifs is 2. The molecule has 53 heavy (non-hydrogen) atoms. The van der Waals surface area contributed by atoms with Crippen LogP contribution in [0.5, 0.6) is 11.5 Å². The number of pyridine rings is 1. The molecule has 2 N–H and O–H groups in total. The fourth-order valence-corrected chi connectivity index (χ4v) is 9.30. The van der Waals surface area contributed by atoms with E-state index < -0.39 is 44.7 Å². The standard InChI is InChI=1S/C39H43N5O7S2/c1-6-24-20-52-38(42-24)31-17-34(26-10-11-33(50-5)22(3)35(26)43-31)51-37-28-16-25(45)15-27(36(47)44-53(48,49)39(4)12-13-39)29(28)18-40-30-14-23(30)9-7-8-21(2)32(46)19-41-37/h1,10-11,17-18,20-21,27-29,37,41H,7-9,12-16,19H2,2-5H3,(H,44,47)/t21?,27-,28?,29-,37+/m1/s1. The number of benzene rings is 1. The molecular weight excluding hydrogens is 715 g/mol. The predicted octanol–water partition coefficient (Wildman–Crippen LogP) is 5.28. The Balaban J connectivity index is 1.33. The summed E-state index contributed by atoms with van der Waals surface area (Å²) < 4.78 is 40.3. The fraction of sp³-hybridized carbons (Fsp3) is 0.487. The Bertz CT molecular complexity index is 2220. The van der Waals surface area contributed by atoms with Gasteiger partial charge in [-0.3, -0.25) is 29.4 Å². The summed E-state index contributed by atoms with van der Waals surface area (Å²) >= 11 is 1.34. The average Bonchev–Trinajstić information content (AvgIpc) is 4.02. The number of allylic oxidation sites excluding steroid dienone is 2. The SMILES string of the molecule is C#Cc1csc(-c2cc(O[C@@H]3NCC(=O)C(C)CCCC4=C(C4)N=C[C@H]4C3CC(=O)C[C@H]4C(=O)NS(=O)(=O)C3(C)CC3)c3ccc(OC)c(C)c3n2)n1. The van der Waals surface area contributed by atoms with Gasteiger partial charge in [0.05, 0.1) is 29.8 Å². The summed E-state index contributed by atoms with van der Waals surface area (Å²) in [6, 6.07) is 5.41. The summed E-state index contributed by atoms with van der Waals surface area (Å²) in [7, 11) is -2.39. The Morgan fingerprint density at radius 2 is 1.96 bits per heavy atom. The number of hydrogen-bond acceptors (Lipinski definition) is 12. The van der Waals surface area contributed by atoms with E-state index in [0.717, 1.165) is 36.9 Å². The first kappa shape index (κ1) is 36.9. The summed E-state index contributed by atoms with van der Waals surface area (Å²) in [5.74, 6) is -0.0433. The number of ketones is 2. The second-order valence-corrected chi connectivity index (χ2v) is 17.9. The zero-order chi connectivity index (χ0) is 37.7. The average molecular weight is 758 g/mol. The molecule has 0 spiro atoms. The number of thiazole rings is 1. The lowest BCUT2D eigenvalue weighted by Crippen LogP contribution is -2.54. The number of nitrogens with zero attached hydrogens (tertiary/aromatic N) is 3. The van der Waals surface area contributed by atoms with Crippen molar-refractivity contribution in [2.45, 2.75) is 83.1 Å². The second-order valence-electron chi connectivity index (χ2n) is 14.9. The number of sulfonamides is 1. The van der Waals surface area contributed by atoms with Gasteiger partial charge in [-0.2, -0.15) is 0 Å². The van der Waals surface area contributed by atoms with Gasteiger partial charge in [0.15, 0.2) is 6.23 Å². The number of aromatic nitrogens is 2. The molecule has 2 fully saturated rings. The molecule has 1 amide bonds. The lowest BCUT2D eigenvalue weighted by atomic mass is 9.70. The topological polar surface area (TPSA) is 166 Å². The molecule has 7 rings (SSSR count). The van der Waals surface area contributed by atoms with Gasteiger partial charge in [-0.25, -0.2) is 18.4 Å². The van der Waals surface area contributed by atoms with Crippen molar-refractivity contribution in [3.63, 3.8) is 0 Å². The quantitative estimate of drug-likeness (QED) is 0.303. The second kappa shape index (κ2) is 14.4. The summed E-state index contributed by atoms with van der Waals surface area (Å²) in [6.07, 6.45) is 10.3. The highest BCUT2D eigenvalue weighted by Gasteiger charge is 2.52. The third kappa shape index (κ3) is 7.52. The van der Waals surface area contributed by atoms with E-state index in [1.165, 1.54) is 16.9 Å². The molecule has 5 atom stereocenters. The number of ether oxygens (including phenoxy) is 2. The molecule has 4 aliphatic rings. The molecule has 0 bridgehead atoms. The van der Waals surface area contributed by atoms with Crippen LogP contribution in [0.4, 0.5) is 0 Å². The zero-order valence-electron chi connectivity index (χ0n) is 30.2. The normalized spacial score (nSPS) is 25.8. The Morgan fingerprint density at radius 3 is 2.68 bits per heavy atom. The number of aryl methyl sites for hydroxylation is 1. The third-order valence-electron chi connectivity index (χ3n) is 11.1. The smallest absolute Gasteiger partial charge is 0.240 e. The van der Waals surface area contributed by atoms with Crippen molar-refractivity contribution in [1.29, 1.82) is 0 Å². The Kier molecular flexibility index (Phi) is 10.0. The molecule has 1 aliphatic heterocycles. The van der Waals surface area contributed by atoms with Crippen LogP contribution in [0.2, 0.25) is 0 Å². The lowest BCUT2D eigenvalue weighted by Gasteiger charge is -2.39. The minimum absolute atomic E-state index is 0.00321. The first-order valence-corrected chi connectivity index (χ1v) is 20.3. The van der Waals surface area contributed by atoms with Gasteiger partial charge in [-0.05, 0) is 69.6 Å². The van der Waals surface area contributed by atoms with Gasteiger partial charge in [0.1, 0.15) is 39.5 Å². The number of carbonyl (C=O) groups excluding carboxylic acids is 3. The van der Waals surface area contributed by atoms with Crippen molar-refractivity contribution < 1.29 is 32.3 Å². The van der Waals surface area contributed by atoms with E-state index in [9.17, 15) is 22.8 Å². The molecule has 278 valence electrons. The number of methoxy groups -OCH3 is 1. The van der Waals surface area contributed by atoms with Crippen molar-refractivity contribution >= 4 is 56.0 Å². The summed E-state index contributed by atoms with van der Waals surface area (Å²) in [4.78, 5) is 55.4. The molecule has 1 aromatic carbocycles. The van der Waals surface area contributed by atoms with Crippen LogP contribution in [-0.4, -0.2) is 66.7 Å². The molecule has 14 heteroatoms. The molecule has 2 aromatic heterocycles. The summed E-state index contributed by atoms with van der Waals surface area (Å²) in [5.41, 5.74) is 4.46. The van der Waals surface area contributed by atoms with Gasteiger partial charge in [0.2, 0.25) is 15.9 Å². The van der Waals surface area contributed by atoms with E-state index in [1.807, 2.05) is 26.0 Å². The van der Waals surface area contributed by atoms with Crippen molar-refractivity contribution in [1.82, 2.24) is 20.0 Å². The van der Waals surface area contributed by atoms with Gasteiger partial charge in [0.25, 0.3) is 0 Å². The van der Waals surface area contributed by atoms with Crippen LogP contribution in [0.3, 0.4) is 0 Å². The van der Waals surface area contributed by atoms with E-state index in [2.05, 4.69) is 20.9 Å². The highest BCUT2D eigenvalue weighted by molar-refractivity contribution is 7.91. The maximum Gasteiger partial charge on any atom is 0.240 e. The first-order chi connectivity index (χ1) is 25.3. The van der Waals surface area contributed by atoms with E-state index in [-0.39, 0.29) is 36.9 Å².